The molecule has 204 valence electrons. The van der Waals surface area contributed by atoms with Crippen molar-refractivity contribution in [2.24, 2.45) is 39.9 Å². The maximum Gasteiger partial charge on any atom is 0.317 e. The van der Waals surface area contributed by atoms with Crippen LogP contribution in [0.15, 0.2) is 36.5 Å². The Bertz CT molecular complexity index is 1630. The van der Waals surface area contributed by atoms with Crippen molar-refractivity contribution in [3.63, 3.8) is 0 Å². The third-order valence-corrected chi connectivity index (χ3v) is 13.2. The SMILES string of the molecule is Bc1cnn2c(NCC3CCCN(C(=O)NC45C67C[C@H]6C[C@@H]6C[C@H]8CC84C75C6)C3)cc(-c3ccccc3Cl)nc12. The summed E-state index contributed by atoms with van der Waals surface area (Å²) in [4.78, 5) is 20.8. The lowest BCUT2D eigenvalue weighted by molar-refractivity contribution is 0.121. The molecule has 40 heavy (non-hydrogen) atoms. The van der Waals surface area contributed by atoms with Crippen LogP contribution in [0.3, 0.4) is 0 Å². The lowest BCUT2D eigenvalue weighted by Crippen LogP contribution is -2.51. The van der Waals surface area contributed by atoms with E-state index in [9.17, 15) is 4.79 Å². The first-order chi connectivity index (χ1) is 19.5. The van der Waals surface area contributed by atoms with Crippen molar-refractivity contribution in [1.82, 2.24) is 24.8 Å². The van der Waals surface area contributed by atoms with Gasteiger partial charge >= 0.3 is 6.03 Å². The van der Waals surface area contributed by atoms with Crippen LogP contribution in [0.1, 0.15) is 44.9 Å². The van der Waals surface area contributed by atoms with Crippen molar-refractivity contribution in [3.05, 3.63) is 41.6 Å². The Kier molecular flexibility index (Phi) is 4.01. The molecule has 0 radical (unpaired) electrons. The number of carbonyl (C=O) groups excluding carboxylic acids is 1. The van der Waals surface area contributed by atoms with Crippen LogP contribution in [0.4, 0.5) is 10.6 Å². The van der Waals surface area contributed by atoms with Crippen molar-refractivity contribution in [2.45, 2.75) is 50.5 Å². The van der Waals surface area contributed by atoms with Crippen LogP contribution in [0.25, 0.3) is 16.9 Å². The molecule has 1 aliphatic heterocycles. The lowest BCUT2D eigenvalue weighted by atomic mass is 9.69. The van der Waals surface area contributed by atoms with Crippen LogP contribution in [0.5, 0.6) is 0 Å². The van der Waals surface area contributed by atoms with Gasteiger partial charge in [-0.3, -0.25) is 0 Å². The van der Waals surface area contributed by atoms with E-state index in [2.05, 4.69) is 20.6 Å². The average molecular weight is 553 g/mol. The van der Waals surface area contributed by atoms with E-state index in [1.54, 1.807) is 0 Å². The summed E-state index contributed by atoms with van der Waals surface area (Å²) >= 11 is 6.53. The molecule has 9 heteroatoms. The molecule has 2 bridgehead atoms. The number of carbonyl (C=O) groups is 1. The topological polar surface area (TPSA) is 74.6 Å². The summed E-state index contributed by atoms with van der Waals surface area (Å²) in [5.74, 6) is 4.07. The minimum atomic E-state index is 0.186. The predicted octanol–water partition coefficient (Wildman–Crippen LogP) is 3.72. The van der Waals surface area contributed by atoms with E-state index in [1.807, 2.05) is 48.9 Å². The number of benzene rings is 1. The molecule has 7 fully saturated rings. The number of urea groups is 1. The molecule has 5 unspecified atom stereocenters. The first kappa shape index (κ1) is 22.9. The quantitative estimate of drug-likeness (QED) is 0.473. The van der Waals surface area contributed by atoms with Gasteiger partial charge in [-0.15, -0.1) is 0 Å². The maximum absolute atomic E-state index is 13.8. The van der Waals surface area contributed by atoms with Gasteiger partial charge in [0.1, 0.15) is 13.7 Å². The van der Waals surface area contributed by atoms with Gasteiger partial charge in [-0.2, -0.15) is 9.61 Å². The van der Waals surface area contributed by atoms with E-state index in [4.69, 9.17) is 16.6 Å². The third-order valence-electron chi connectivity index (χ3n) is 12.9. The van der Waals surface area contributed by atoms with E-state index in [1.165, 1.54) is 32.1 Å². The number of anilines is 1. The largest absolute Gasteiger partial charge is 0.370 e. The summed E-state index contributed by atoms with van der Waals surface area (Å²) in [6, 6.07) is 10.1. The molecule has 6 aliphatic carbocycles. The lowest BCUT2D eigenvalue weighted by Gasteiger charge is -2.37. The zero-order chi connectivity index (χ0) is 26.6. The highest BCUT2D eigenvalue weighted by Crippen LogP contribution is 3.19. The Morgan fingerprint density at radius 1 is 1.15 bits per heavy atom. The molecule has 1 saturated heterocycles. The Morgan fingerprint density at radius 2 is 1.95 bits per heavy atom. The number of likely N-dealkylation sites (tertiary alicyclic amines) is 1. The maximum atomic E-state index is 13.8. The zero-order valence-electron chi connectivity index (χ0n) is 22.9. The number of rotatable bonds is 5. The molecular formula is C31H34BClN6O. The second-order valence-corrected chi connectivity index (χ2v) is 14.7. The zero-order valence-corrected chi connectivity index (χ0v) is 23.7. The van der Waals surface area contributed by atoms with Gasteiger partial charge in [0.25, 0.3) is 0 Å². The molecule has 6 saturated carbocycles. The van der Waals surface area contributed by atoms with Gasteiger partial charge < -0.3 is 15.5 Å². The first-order valence-electron chi connectivity index (χ1n) is 15.4. The molecule has 8 atom stereocenters. The van der Waals surface area contributed by atoms with E-state index >= 15 is 0 Å². The minimum Gasteiger partial charge on any atom is -0.370 e. The van der Waals surface area contributed by atoms with Gasteiger partial charge in [0.15, 0.2) is 5.65 Å². The van der Waals surface area contributed by atoms with Crippen LogP contribution in [0, 0.1) is 39.9 Å². The van der Waals surface area contributed by atoms with Gasteiger partial charge in [-0.1, -0.05) is 29.8 Å². The Morgan fingerprint density at radius 3 is 2.75 bits per heavy atom. The number of amides is 2. The second-order valence-electron chi connectivity index (χ2n) is 14.3. The molecule has 2 amide bonds. The average Bonchev–Trinajstić information content (AvgIpc) is 3.91. The molecular weight excluding hydrogens is 519 g/mol. The van der Waals surface area contributed by atoms with Crippen molar-refractivity contribution in [3.8, 4) is 11.3 Å². The number of fused-ring (bicyclic) bond motifs is 2. The van der Waals surface area contributed by atoms with Crippen molar-refractivity contribution in [1.29, 1.82) is 0 Å². The van der Waals surface area contributed by atoms with Crippen LogP contribution < -0.4 is 16.1 Å². The molecule has 7 aliphatic rings. The molecule has 10 rings (SSSR count). The highest BCUT2D eigenvalue weighted by atomic mass is 35.5. The van der Waals surface area contributed by atoms with Crippen molar-refractivity contribution < 1.29 is 4.79 Å². The molecule has 3 heterocycles. The van der Waals surface area contributed by atoms with Gasteiger partial charge in [0, 0.05) is 58.7 Å². The Balaban J connectivity index is 0.869. The van der Waals surface area contributed by atoms with Crippen LogP contribution in [0.2, 0.25) is 5.02 Å². The highest BCUT2D eigenvalue weighted by molar-refractivity contribution is 6.36. The third kappa shape index (κ3) is 2.33. The molecule has 1 aromatic carbocycles. The number of halogens is 1. The summed E-state index contributed by atoms with van der Waals surface area (Å²) in [5, 5.41) is 12.7. The van der Waals surface area contributed by atoms with E-state index in [0.717, 1.165) is 78.4 Å². The van der Waals surface area contributed by atoms with Gasteiger partial charge in [0.2, 0.25) is 0 Å². The Hall–Kier alpha value is -2.74. The number of nitrogens with one attached hydrogen (secondary N) is 2. The van der Waals surface area contributed by atoms with Crippen LogP contribution in [-0.2, 0) is 0 Å². The fourth-order valence-electron chi connectivity index (χ4n) is 11.6. The first-order valence-corrected chi connectivity index (χ1v) is 15.7. The van der Waals surface area contributed by atoms with Gasteiger partial charge in [0.05, 0.1) is 11.2 Å². The van der Waals surface area contributed by atoms with Crippen molar-refractivity contribution >= 4 is 42.4 Å². The molecule has 2 aromatic heterocycles. The fourth-order valence-corrected chi connectivity index (χ4v) is 11.9. The van der Waals surface area contributed by atoms with Crippen LogP contribution >= 0.6 is 11.6 Å². The number of hydrogen-bond donors (Lipinski definition) is 2. The number of aromatic nitrogens is 3. The normalized spacial score (nSPS) is 42.4. The summed E-state index contributed by atoms with van der Waals surface area (Å²) < 4.78 is 1.88. The van der Waals surface area contributed by atoms with Crippen molar-refractivity contribution in [2.75, 3.05) is 25.0 Å². The molecule has 7 nitrogen and oxygen atoms in total. The number of piperidine rings is 1. The van der Waals surface area contributed by atoms with Gasteiger partial charge in [-0.05, 0) is 80.1 Å². The molecule has 2 N–H and O–H groups in total. The van der Waals surface area contributed by atoms with E-state index in [-0.39, 0.29) is 11.6 Å². The summed E-state index contributed by atoms with van der Waals surface area (Å²) in [6.45, 7) is 2.47. The Labute approximate surface area is 239 Å². The predicted molar refractivity (Wildman–Crippen MR) is 157 cm³/mol. The summed E-state index contributed by atoms with van der Waals surface area (Å²) in [7, 11) is 2.03. The van der Waals surface area contributed by atoms with E-state index < -0.39 is 0 Å². The summed E-state index contributed by atoms with van der Waals surface area (Å²) in [6.07, 6.45) is 11.1. The number of nitrogens with zero attached hydrogens (tertiary/aromatic N) is 4. The second kappa shape index (κ2) is 7.00. The molecule has 3 spiro atoms. The fraction of sp³-hybridized carbons (Fsp3) is 0.581. The molecule has 3 aromatic rings. The minimum absolute atomic E-state index is 0.186. The van der Waals surface area contributed by atoms with Crippen LogP contribution in [-0.4, -0.2) is 58.5 Å². The highest BCUT2D eigenvalue weighted by Gasteiger charge is 3.22. The number of hydrogen-bond acceptors (Lipinski definition) is 4. The van der Waals surface area contributed by atoms with Gasteiger partial charge in [-0.25, -0.2) is 9.78 Å². The standard InChI is InChI=1S/C31H34BClN6O/c32-22-15-35-39-25(10-24(36-26(22)39)21-5-1-2-6-23(21)33)34-14-17-4-3-7-38(16-17)27(40)37-31-28-12-19(28)8-18-9-20-13-29(20,31)30(28,31)11-18/h1-2,5-6,10,15,17-20,34H,3-4,7-9,11-14,16,32H2,(H,37,40)/t17?,18-,19-,20+,28?,29?,30?,31?. The van der Waals surface area contributed by atoms with E-state index in [0.29, 0.717) is 27.2 Å². The monoisotopic (exact) mass is 552 g/mol. The smallest absolute Gasteiger partial charge is 0.317 e. The summed E-state index contributed by atoms with van der Waals surface area (Å²) in [5.41, 5.74) is 5.35.